The van der Waals surface area contributed by atoms with Gasteiger partial charge in [0.25, 0.3) is 0 Å². The monoisotopic (exact) mass is 252 g/mol. The second kappa shape index (κ2) is 6.38. The topological polar surface area (TPSA) is 15.3 Å². The van der Waals surface area contributed by atoms with Crippen molar-refractivity contribution in [1.29, 1.82) is 0 Å². The van der Waals surface area contributed by atoms with Crippen LogP contribution < -0.4 is 5.32 Å². The minimum absolute atomic E-state index is 0.782. The van der Waals surface area contributed by atoms with Crippen LogP contribution in [-0.4, -0.2) is 36.6 Å². The Hall–Kier alpha value is -0.0800. The number of hydrogen-bond acceptors (Lipinski definition) is 2. The lowest BCUT2D eigenvalue weighted by Gasteiger charge is -2.36. The molecule has 0 aromatic heterocycles. The van der Waals surface area contributed by atoms with E-state index in [1.807, 2.05) is 0 Å². The van der Waals surface area contributed by atoms with Gasteiger partial charge in [-0.1, -0.05) is 27.7 Å². The van der Waals surface area contributed by atoms with Gasteiger partial charge in [-0.2, -0.15) is 0 Å². The molecule has 2 heteroatoms. The van der Waals surface area contributed by atoms with E-state index in [1.54, 1.807) is 0 Å². The van der Waals surface area contributed by atoms with E-state index in [0.717, 1.165) is 29.8 Å². The predicted octanol–water partition coefficient (Wildman–Crippen LogP) is 3.13. The third kappa shape index (κ3) is 3.48. The van der Waals surface area contributed by atoms with Gasteiger partial charge in [0.1, 0.15) is 0 Å². The van der Waals surface area contributed by atoms with Crippen LogP contribution in [0, 0.1) is 17.8 Å². The standard InChI is InChI=1S/C16H32N2/c1-12(2)16(13(3)4)11-17-14-7-9-18-8-5-6-15(18)10-14/h12-17H,5-11H2,1-4H3. The van der Waals surface area contributed by atoms with Crippen LogP contribution in [0.4, 0.5) is 0 Å². The Labute approximate surface area is 114 Å². The lowest BCUT2D eigenvalue weighted by molar-refractivity contribution is 0.157. The summed E-state index contributed by atoms with van der Waals surface area (Å²) in [5, 5.41) is 3.87. The minimum Gasteiger partial charge on any atom is -0.314 e. The second-order valence-corrected chi connectivity index (χ2v) is 7.11. The third-order valence-electron chi connectivity index (χ3n) is 5.18. The molecule has 2 atom stereocenters. The molecule has 2 aliphatic heterocycles. The summed E-state index contributed by atoms with van der Waals surface area (Å²) in [5.41, 5.74) is 0. The van der Waals surface area contributed by atoms with Crippen molar-refractivity contribution < 1.29 is 0 Å². The van der Waals surface area contributed by atoms with Gasteiger partial charge in [-0.15, -0.1) is 0 Å². The molecule has 106 valence electrons. The van der Waals surface area contributed by atoms with E-state index in [4.69, 9.17) is 0 Å². The molecule has 0 radical (unpaired) electrons. The van der Waals surface area contributed by atoms with Crippen molar-refractivity contribution in [3.05, 3.63) is 0 Å². The zero-order valence-corrected chi connectivity index (χ0v) is 12.8. The molecule has 0 spiro atoms. The van der Waals surface area contributed by atoms with E-state index in [2.05, 4.69) is 37.9 Å². The van der Waals surface area contributed by atoms with Gasteiger partial charge in [0, 0.05) is 12.1 Å². The maximum absolute atomic E-state index is 3.87. The first-order valence-electron chi connectivity index (χ1n) is 8.05. The Bertz CT molecular complexity index is 241. The van der Waals surface area contributed by atoms with Crippen molar-refractivity contribution >= 4 is 0 Å². The van der Waals surface area contributed by atoms with Crippen LogP contribution in [0.3, 0.4) is 0 Å². The fourth-order valence-electron chi connectivity index (χ4n) is 3.95. The zero-order chi connectivity index (χ0) is 13.1. The molecule has 0 amide bonds. The highest BCUT2D eigenvalue weighted by Crippen LogP contribution is 2.27. The molecule has 0 aliphatic carbocycles. The third-order valence-corrected chi connectivity index (χ3v) is 5.18. The molecule has 2 unspecified atom stereocenters. The summed E-state index contributed by atoms with van der Waals surface area (Å²) in [5.74, 6) is 2.42. The van der Waals surface area contributed by atoms with E-state index in [9.17, 15) is 0 Å². The molecule has 2 fully saturated rings. The average Bonchev–Trinajstić information content (AvgIpc) is 2.75. The first-order chi connectivity index (χ1) is 8.58. The largest absolute Gasteiger partial charge is 0.314 e. The summed E-state index contributed by atoms with van der Waals surface area (Å²) in [6, 6.07) is 1.68. The highest BCUT2D eigenvalue weighted by molar-refractivity contribution is 4.89. The summed E-state index contributed by atoms with van der Waals surface area (Å²) in [6.07, 6.45) is 5.62. The molecule has 0 aromatic carbocycles. The highest BCUT2D eigenvalue weighted by Gasteiger charge is 2.31. The Kier molecular flexibility index (Phi) is 5.08. The van der Waals surface area contributed by atoms with Crippen LogP contribution in [-0.2, 0) is 0 Å². The summed E-state index contributed by atoms with van der Waals surface area (Å²) in [7, 11) is 0. The lowest BCUT2D eigenvalue weighted by Crippen LogP contribution is -2.47. The molecule has 2 heterocycles. The fourth-order valence-corrected chi connectivity index (χ4v) is 3.95. The first kappa shape index (κ1) is 14.3. The predicted molar refractivity (Wildman–Crippen MR) is 78.8 cm³/mol. The Balaban J connectivity index is 1.76. The van der Waals surface area contributed by atoms with Gasteiger partial charge in [0.05, 0.1) is 0 Å². The molecular weight excluding hydrogens is 220 g/mol. The van der Waals surface area contributed by atoms with Gasteiger partial charge < -0.3 is 10.2 Å². The van der Waals surface area contributed by atoms with Crippen molar-refractivity contribution in [2.75, 3.05) is 19.6 Å². The summed E-state index contributed by atoms with van der Waals surface area (Å²) >= 11 is 0. The van der Waals surface area contributed by atoms with Crippen molar-refractivity contribution in [1.82, 2.24) is 10.2 Å². The van der Waals surface area contributed by atoms with Gasteiger partial charge >= 0.3 is 0 Å². The van der Waals surface area contributed by atoms with Crippen molar-refractivity contribution in [2.45, 2.75) is 65.5 Å². The van der Waals surface area contributed by atoms with Gasteiger partial charge in [-0.3, -0.25) is 0 Å². The molecule has 0 aromatic rings. The molecule has 2 rings (SSSR count). The molecule has 0 bridgehead atoms. The molecule has 2 nitrogen and oxygen atoms in total. The van der Waals surface area contributed by atoms with Crippen LogP contribution >= 0.6 is 0 Å². The number of piperidine rings is 1. The van der Waals surface area contributed by atoms with E-state index in [0.29, 0.717) is 0 Å². The fraction of sp³-hybridized carbons (Fsp3) is 1.00. The minimum atomic E-state index is 0.782. The number of rotatable bonds is 5. The van der Waals surface area contributed by atoms with Crippen LogP contribution in [0.25, 0.3) is 0 Å². The molecule has 1 N–H and O–H groups in total. The number of nitrogens with zero attached hydrogens (tertiary/aromatic N) is 1. The zero-order valence-electron chi connectivity index (χ0n) is 12.8. The first-order valence-corrected chi connectivity index (χ1v) is 8.05. The molecule has 2 aliphatic rings. The number of hydrogen-bond donors (Lipinski definition) is 1. The average molecular weight is 252 g/mol. The smallest absolute Gasteiger partial charge is 0.0111 e. The van der Waals surface area contributed by atoms with Gasteiger partial charge in [0.2, 0.25) is 0 Å². The van der Waals surface area contributed by atoms with Crippen molar-refractivity contribution in [3.8, 4) is 0 Å². The van der Waals surface area contributed by atoms with Crippen LogP contribution in [0.15, 0.2) is 0 Å². The van der Waals surface area contributed by atoms with Crippen LogP contribution in [0.1, 0.15) is 53.4 Å². The Morgan fingerprint density at radius 2 is 1.78 bits per heavy atom. The van der Waals surface area contributed by atoms with Gasteiger partial charge in [-0.05, 0) is 63.1 Å². The number of nitrogens with one attached hydrogen (secondary N) is 1. The summed E-state index contributed by atoms with van der Waals surface area (Å²) < 4.78 is 0. The molecular formula is C16H32N2. The van der Waals surface area contributed by atoms with Gasteiger partial charge in [-0.25, -0.2) is 0 Å². The molecule has 0 saturated carbocycles. The number of fused-ring (bicyclic) bond motifs is 1. The van der Waals surface area contributed by atoms with Crippen molar-refractivity contribution in [3.63, 3.8) is 0 Å². The lowest BCUT2D eigenvalue weighted by atomic mass is 9.85. The Morgan fingerprint density at radius 3 is 2.44 bits per heavy atom. The van der Waals surface area contributed by atoms with Crippen LogP contribution in [0.5, 0.6) is 0 Å². The maximum atomic E-state index is 3.87. The van der Waals surface area contributed by atoms with E-state index < -0.39 is 0 Å². The normalized spacial score (nSPS) is 29.5. The molecule has 2 saturated heterocycles. The van der Waals surface area contributed by atoms with Crippen molar-refractivity contribution in [2.24, 2.45) is 17.8 Å². The highest BCUT2D eigenvalue weighted by atomic mass is 15.2. The SMILES string of the molecule is CC(C)C(CNC1CCN2CCCC2C1)C(C)C. The maximum Gasteiger partial charge on any atom is 0.0111 e. The summed E-state index contributed by atoms with van der Waals surface area (Å²) in [6.45, 7) is 13.4. The van der Waals surface area contributed by atoms with E-state index in [-0.39, 0.29) is 0 Å². The molecule has 18 heavy (non-hydrogen) atoms. The summed E-state index contributed by atoms with van der Waals surface area (Å²) in [4.78, 5) is 2.71. The quantitative estimate of drug-likeness (QED) is 0.809. The van der Waals surface area contributed by atoms with Gasteiger partial charge in [0.15, 0.2) is 0 Å². The second-order valence-electron chi connectivity index (χ2n) is 7.11. The van der Waals surface area contributed by atoms with E-state index in [1.165, 1.54) is 45.3 Å². The van der Waals surface area contributed by atoms with E-state index >= 15 is 0 Å². The van der Waals surface area contributed by atoms with Crippen LogP contribution in [0.2, 0.25) is 0 Å². The Morgan fingerprint density at radius 1 is 1.06 bits per heavy atom.